The molecule has 0 aliphatic heterocycles. The number of rotatable bonds is 6. The van der Waals surface area contributed by atoms with Crippen LogP contribution in [0.25, 0.3) is 11.1 Å². The Kier molecular flexibility index (Phi) is 3.40. The molecule has 1 N–H and O–H groups in total. The minimum Gasteiger partial charge on any atom is -0.490 e. The van der Waals surface area contributed by atoms with Crippen molar-refractivity contribution in [2.24, 2.45) is 0 Å². The van der Waals surface area contributed by atoms with E-state index < -0.39 is 0 Å². The molecule has 2 heteroatoms. The van der Waals surface area contributed by atoms with Crippen LogP contribution < -0.4 is 10.1 Å². The highest BCUT2D eigenvalue weighted by atomic mass is 16.5. The van der Waals surface area contributed by atoms with E-state index in [0.29, 0.717) is 6.10 Å². The summed E-state index contributed by atoms with van der Waals surface area (Å²) in [6.45, 7) is 0.982. The molecule has 2 aromatic rings. The van der Waals surface area contributed by atoms with Gasteiger partial charge >= 0.3 is 0 Å². The lowest BCUT2D eigenvalue weighted by molar-refractivity contribution is 0.303. The summed E-state index contributed by atoms with van der Waals surface area (Å²) in [7, 11) is 0. The van der Waals surface area contributed by atoms with Gasteiger partial charge in [-0.1, -0.05) is 36.4 Å². The Labute approximate surface area is 126 Å². The standard InChI is InChI=1S/C19H21NO/c1-2-16(12-19(3-1)21-18-10-11-18)15-6-4-14(5-7-15)13-20-17-8-9-17/h1-7,12,17-18,20H,8-11,13H2. The van der Waals surface area contributed by atoms with E-state index in [9.17, 15) is 0 Å². The van der Waals surface area contributed by atoms with E-state index in [-0.39, 0.29) is 0 Å². The molecule has 2 aliphatic rings. The van der Waals surface area contributed by atoms with Crippen LogP contribution in [0.15, 0.2) is 48.5 Å². The van der Waals surface area contributed by atoms with Gasteiger partial charge in [0.05, 0.1) is 6.10 Å². The lowest BCUT2D eigenvalue weighted by Gasteiger charge is -2.08. The van der Waals surface area contributed by atoms with Crippen molar-refractivity contribution in [3.05, 3.63) is 54.1 Å². The van der Waals surface area contributed by atoms with E-state index in [1.165, 1.54) is 42.4 Å². The molecule has 21 heavy (non-hydrogen) atoms. The van der Waals surface area contributed by atoms with Crippen molar-refractivity contribution >= 4 is 0 Å². The molecule has 0 spiro atoms. The Bertz CT molecular complexity index is 612. The Hall–Kier alpha value is -1.80. The normalized spacial score (nSPS) is 17.7. The molecule has 2 aliphatic carbocycles. The second-order valence-electron chi connectivity index (χ2n) is 6.20. The summed E-state index contributed by atoms with van der Waals surface area (Å²) in [6, 6.07) is 18.1. The zero-order chi connectivity index (χ0) is 14.1. The van der Waals surface area contributed by atoms with Crippen LogP contribution in [0, 0.1) is 0 Å². The monoisotopic (exact) mass is 279 g/mol. The van der Waals surface area contributed by atoms with Crippen LogP contribution in [-0.2, 0) is 6.54 Å². The van der Waals surface area contributed by atoms with Crippen LogP contribution in [0.2, 0.25) is 0 Å². The molecule has 0 aromatic heterocycles. The van der Waals surface area contributed by atoms with Gasteiger partial charge in [-0.05, 0) is 54.5 Å². The summed E-state index contributed by atoms with van der Waals surface area (Å²) in [6.07, 6.45) is 5.54. The molecular formula is C19H21NO. The number of ether oxygens (including phenoxy) is 1. The molecular weight excluding hydrogens is 258 g/mol. The molecule has 2 fully saturated rings. The lowest BCUT2D eigenvalue weighted by Crippen LogP contribution is -2.14. The molecule has 0 atom stereocenters. The van der Waals surface area contributed by atoms with Gasteiger partial charge in [-0.25, -0.2) is 0 Å². The topological polar surface area (TPSA) is 21.3 Å². The molecule has 0 bridgehead atoms. The number of nitrogens with one attached hydrogen (secondary N) is 1. The van der Waals surface area contributed by atoms with Crippen molar-refractivity contribution in [3.63, 3.8) is 0 Å². The van der Waals surface area contributed by atoms with Crippen molar-refractivity contribution in [2.45, 2.75) is 44.4 Å². The van der Waals surface area contributed by atoms with Crippen LogP contribution in [0.3, 0.4) is 0 Å². The van der Waals surface area contributed by atoms with Crippen LogP contribution in [-0.4, -0.2) is 12.1 Å². The quantitative estimate of drug-likeness (QED) is 0.857. The summed E-state index contributed by atoms with van der Waals surface area (Å²) < 4.78 is 5.87. The van der Waals surface area contributed by atoms with Gasteiger partial charge in [0.2, 0.25) is 0 Å². The third kappa shape index (κ3) is 3.45. The highest BCUT2D eigenvalue weighted by Gasteiger charge is 2.23. The molecule has 2 aromatic carbocycles. The molecule has 4 rings (SSSR count). The van der Waals surface area contributed by atoms with Gasteiger partial charge in [0.25, 0.3) is 0 Å². The minimum atomic E-state index is 0.455. The van der Waals surface area contributed by atoms with E-state index >= 15 is 0 Å². The van der Waals surface area contributed by atoms with Crippen molar-refractivity contribution in [2.75, 3.05) is 0 Å². The Morgan fingerprint density at radius 1 is 0.905 bits per heavy atom. The average Bonchev–Trinajstić information content (AvgIpc) is 3.41. The number of benzene rings is 2. The zero-order valence-electron chi connectivity index (χ0n) is 12.2. The maximum atomic E-state index is 5.87. The molecule has 2 nitrogen and oxygen atoms in total. The fourth-order valence-electron chi connectivity index (χ4n) is 2.49. The van der Waals surface area contributed by atoms with Crippen LogP contribution in [0.1, 0.15) is 31.2 Å². The fourth-order valence-corrected chi connectivity index (χ4v) is 2.49. The highest BCUT2D eigenvalue weighted by Crippen LogP contribution is 2.30. The van der Waals surface area contributed by atoms with Gasteiger partial charge in [-0.3, -0.25) is 0 Å². The molecule has 0 unspecified atom stereocenters. The highest BCUT2D eigenvalue weighted by molar-refractivity contribution is 5.65. The first-order chi connectivity index (χ1) is 10.4. The van der Waals surface area contributed by atoms with E-state index in [4.69, 9.17) is 4.74 Å². The van der Waals surface area contributed by atoms with Gasteiger partial charge in [-0.2, -0.15) is 0 Å². The van der Waals surface area contributed by atoms with E-state index in [1.54, 1.807) is 0 Å². The van der Waals surface area contributed by atoms with Gasteiger partial charge in [0, 0.05) is 12.6 Å². The van der Waals surface area contributed by atoms with Crippen LogP contribution in [0.4, 0.5) is 0 Å². The molecule has 0 radical (unpaired) electrons. The van der Waals surface area contributed by atoms with Crippen LogP contribution >= 0.6 is 0 Å². The Morgan fingerprint density at radius 3 is 2.43 bits per heavy atom. The molecule has 0 heterocycles. The third-order valence-electron chi connectivity index (χ3n) is 4.12. The average molecular weight is 279 g/mol. The van der Waals surface area contributed by atoms with E-state index in [2.05, 4.69) is 53.8 Å². The SMILES string of the molecule is c1cc(OC2CC2)cc(-c2ccc(CNC3CC3)cc2)c1. The third-order valence-corrected chi connectivity index (χ3v) is 4.12. The molecule has 0 saturated heterocycles. The lowest BCUT2D eigenvalue weighted by atomic mass is 10.0. The van der Waals surface area contributed by atoms with Crippen molar-refractivity contribution < 1.29 is 4.74 Å². The summed E-state index contributed by atoms with van der Waals surface area (Å²) in [5.41, 5.74) is 3.84. The Morgan fingerprint density at radius 2 is 1.71 bits per heavy atom. The first kappa shape index (κ1) is 12.9. The largest absolute Gasteiger partial charge is 0.490 e. The first-order valence-electron chi connectivity index (χ1n) is 7.96. The van der Waals surface area contributed by atoms with Crippen molar-refractivity contribution in [3.8, 4) is 16.9 Å². The second kappa shape index (κ2) is 5.53. The second-order valence-corrected chi connectivity index (χ2v) is 6.20. The van der Waals surface area contributed by atoms with Gasteiger partial charge in [0.1, 0.15) is 5.75 Å². The van der Waals surface area contributed by atoms with Crippen molar-refractivity contribution in [1.29, 1.82) is 0 Å². The summed E-state index contributed by atoms with van der Waals surface area (Å²) in [5, 5.41) is 3.55. The molecule has 0 amide bonds. The van der Waals surface area contributed by atoms with Crippen LogP contribution in [0.5, 0.6) is 5.75 Å². The predicted octanol–water partition coefficient (Wildman–Crippen LogP) is 4.15. The molecule has 108 valence electrons. The minimum absolute atomic E-state index is 0.455. The fraction of sp³-hybridized carbons (Fsp3) is 0.368. The summed E-state index contributed by atoms with van der Waals surface area (Å²) in [4.78, 5) is 0. The van der Waals surface area contributed by atoms with Gasteiger partial charge < -0.3 is 10.1 Å². The zero-order valence-corrected chi connectivity index (χ0v) is 12.2. The van der Waals surface area contributed by atoms with Gasteiger partial charge in [0.15, 0.2) is 0 Å². The smallest absolute Gasteiger partial charge is 0.120 e. The maximum absolute atomic E-state index is 5.87. The maximum Gasteiger partial charge on any atom is 0.120 e. The predicted molar refractivity (Wildman–Crippen MR) is 85.4 cm³/mol. The first-order valence-corrected chi connectivity index (χ1v) is 7.96. The van der Waals surface area contributed by atoms with Gasteiger partial charge in [-0.15, -0.1) is 0 Å². The van der Waals surface area contributed by atoms with E-state index in [1.807, 2.05) is 0 Å². The number of hydrogen-bond acceptors (Lipinski definition) is 2. The number of hydrogen-bond donors (Lipinski definition) is 1. The van der Waals surface area contributed by atoms with Crippen molar-refractivity contribution in [1.82, 2.24) is 5.32 Å². The summed E-state index contributed by atoms with van der Waals surface area (Å²) >= 11 is 0. The Balaban J connectivity index is 1.46. The molecule has 2 saturated carbocycles. The summed E-state index contributed by atoms with van der Waals surface area (Å²) in [5.74, 6) is 0.995. The van der Waals surface area contributed by atoms with E-state index in [0.717, 1.165) is 18.3 Å².